The first-order valence-electron chi connectivity index (χ1n) is 9.55. The van der Waals surface area contributed by atoms with Gasteiger partial charge in [-0.3, -0.25) is 0 Å². The zero-order valence-electron chi connectivity index (χ0n) is 15.8. The molecule has 2 aliphatic rings. The van der Waals surface area contributed by atoms with Crippen molar-refractivity contribution in [1.82, 2.24) is 13.9 Å². The van der Waals surface area contributed by atoms with Gasteiger partial charge in [0.1, 0.15) is 0 Å². The Hall–Kier alpha value is -1.61. The van der Waals surface area contributed by atoms with Crippen molar-refractivity contribution < 1.29 is 13.2 Å². The first-order valence-corrected chi connectivity index (χ1v) is 11.4. The lowest BCUT2D eigenvalue weighted by Crippen LogP contribution is -2.39. The molecule has 1 aromatic heterocycles. The third kappa shape index (κ3) is 4.05. The summed E-state index contributed by atoms with van der Waals surface area (Å²) in [6.45, 7) is 1.52. The van der Waals surface area contributed by atoms with Crippen molar-refractivity contribution in [2.24, 2.45) is 13.0 Å². The van der Waals surface area contributed by atoms with E-state index < -0.39 is 10.0 Å². The van der Waals surface area contributed by atoms with Crippen LogP contribution in [0.3, 0.4) is 0 Å². The molecule has 1 N–H and O–H groups in total. The Kier molecular flexibility index (Phi) is 5.64. The molecule has 3 heterocycles. The second-order valence-corrected chi connectivity index (χ2v) is 9.85. The number of aryl methyl sites for hydroxylation is 1. The lowest BCUT2D eigenvalue weighted by atomic mass is 9.91. The third-order valence-electron chi connectivity index (χ3n) is 5.49. The monoisotopic (exact) mass is 424 g/mol. The first kappa shape index (κ1) is 19.7. The number of nitrogens with one attached hydrogen (secondary N) is 1. The van der Waals surface area contributed by atoms with E-state index in [2.05, 4.69) is 10.3 Å². The van der Waals surface area contributed by atoms with Gasteiger partial charge in [-0.1, -0.05) is 17.7 Å². The van der Waals surface area contributed by atoms with Gasteiger partial charge in [0.25, 0.3) is 10.0 Å². The van der Waals surface area contributed by atoms with Gasteiger partial charge in [-0.05, 0) is 37.5 Å². The van der Waals surface area contributed by atoms with Crippen molar-refractivity contribution in [1.29, 1.82) is 0 Å². The molecule has 152 valence electrons. The molecule has 7 nitrogen and oxygen atoms in total. The van der Waals surface area contributed by atoms with E-state index in [0.717, 1.165) is 31.6 Å². The lowest BCUT2D eigenvalue weighted by Gasteiger charge is -2.31. The summed E-state index contributed by atoms with van der Waals surface area (Å²) in [7, 11) is -1.88. The molecule has 0 spiro atoms. The predicted molar refractivity (Wildman–Crippen MR) is 108 cm³/mol. The van der Waals surface area contributed by atoms with E-state index in [0.29, 0.717) is 18.1 Å². The fraction of sp³-hybridized carbons (Fsp3) is 0.526. The number of benzene rings is 1. The zero-order chi connectivity index (χ0) is 19.7. The number of nitrogens with zero attached hydrogens (tertiary/aromatic N) is 3. The highest BCUT2D eigenvalue weighted by Gasteiger charge is 2.44. The summed E-state index contributed by atoms with van der Waals surface area (Å²) in [4.78, 5) is 4.05. The van der Waals surface area contributed by atoms with E-state index in [-0.39, 0.29) is 23.1 Å². The Morgan fingerprint density at radius 3 is 2.82 bits per heavy atom. The van der Waals surface area contributed by atoms with Crippen molar-refractivity contribution in [2.75, 3.05) is 25.0 Å². The van der Waals surface area contributed by atoms with Crippen LogP contribution in [0.25, 0.3) is 0 Å². The number of hydrogen-bond donors (Lipinski definition) is 1. The van der Waals surface area contributed by atoms with Crippen LogP contribution in [0, 0.1) is 5.92 Å². The Morgan fingerprint density at radius 2 is 2.14 bits per heavy atom. The van der Waals surface area contributed by atoms with Gasteiger partial charge in [0.2, 0.25) is 0 Å². The number of hydrogen-bond acceptors (Lipinski definition) is 5. The molecule has 2 aromatic rings. The van der Waals surface area contributed by atoms with Crippen molar-refractivity contribution >= 4 is 27.3 Å². The summed E-state index contributed by atoms with van der Waals surface area (Å²) >= 11 is 6.12. The maximum absolute atomic E-state index is 13.1. The van der Waals surface area contributed by atoms with Crippen LogP contribution in [-0.2, 0) is 21.8 Å². The van der Waals surface area contributed by atoms with E-state index in [9.17, 15) is 8.42 Å². The Balaban J connectivity index is 1.59. The number of ether oxygens (including phenoxy) is 1. The Morgan fingerprint density at radius 1 is 1.29 bits per heavy atom. The van der Waals surface area contributed by atoms with Gasteiger partial charge in [0, 0.05) is 55.6 Å². The summed E-state index contributed by atoms with van der Waals surface area (Å²) in [6, 6.07) is 7.45. The minimum absolute atomic E-state index is 0.0503. The smallest absolute Gasteiger partial charge is 0.262 e. The molecule has 3 atom stereocenters. The van der Waals surface area contributed by atoms with Crippen LogP contribution in [-0.4, -0.2) is 54.1 Å². The lowest BCUT2D eigenvalue weighted by molar-refractivity contribution is -0.0188. The predicted octanol–water partition coefficient (Wildman–Crippen LogP) is 2.74. The molecule has 2 fully saturated rings. The molecule has 0 bridgehead atoms. The SMILES string of the molecule is Cn1cnc(S(=O)(=O)N2CC(Nc3cccc(Cl)c3)C(C3CCCCO3)C2)c1. The van der Waals surface area contributed by atoms with Crippen molar-refractivity contribution in [3.05, 3.63) is 41.8 Å². The largest absolute Gasteiger partial charge is 0.381 e. The summed E-state index contributed by atoms with van der Waals surface area (Å²) in [5, 5.41) is 4.22. The quantitative estimate of drug-likeness (QED) is 0.798. The van der Waals surface area contributed by atoms with Crippen molar-refractivity contribution in [3.8, 4) is 0 Å². The second kappa shape index (κ2) is 8.02. The van der Waals surface area contributed by atoms with E-state index in [1.165, 1.54) is 10.6 Å². The number of imidazole rings is 1. The number of aromatic nitrogens is 2. The fourth-order valence-corrected chi connectivity index (χ4v) is 5.73. The maximum Gasteiger partial charge on any atom is 0.262 e. The van der Waals surface area contributed by atoms with Crippen LogP contribution in [0.2, 0.25) is 5.02 Å². The number of rotatable bonds is 5. The van der Waals surface area contributed by atoms with Gasteiger partial charge < -0.3 is 14.6 Å². The molecule has 2 aliphatic heterocycles. The Labute approximate surface area is 170 Å². The molecule has 0 saturated carbocycles. The van der Waals surface area contributed by atoms with Crippen LogP contribution in [0.15, 0.2) is 41.8 Å². The number of anilines is 1. The number of halogens is 1. The summed E-state index contributed by atoms with van der Waals surface area (Å²) in [5.41, 5.74) is 0.885. The van der Waals surface area contributed by atoms with Crippen LogP contribution in [0.5, 0.6) is 0 Å². The van der Waals surface area contributed by atoms with Gasteiger partial charge in [-0.15, -0.1) is 0 Å². The van der Waals surface area contributed by atoms with Crippen LogP contribution >= 0.6 is 11.6 Å². The molecular weight excluding hydrogens is 400 g/mol. The van der Waals surface area contributed by atoms with Gasteiger partial charge in [0.05, 0.1) is 12.4 Å². The van der Waals surface area contributed by atoms with E-state index in [1.807, 2.05) is 24.3 Å². The van der Waals surface area contributed by atoms with Gasteiger partial charge in [0.15, 0.2) is 5.03 Å². The molecule has 28 heavy (non-hydrogen) atoms. The van der Waals surface area contributed by atoms with E-state index in [4.69, 9.17) is 16.3 Å². The average molecular weight is 425 g/mol. The fourth-order valence-electron chi connectivity index (χ4n) is 4.07. The first-order chi connectivity index (χ1) is 13.4. The molecule has 0 radical (unpaired) electrons. The topological polar surface area (TPSA) is 76.5 Å². The third-order valence-corrected chi connectivity index (χ3v) is 7.44. The molecule has 4 rings (SSSR count). The second-order valence-electron chi connectivity index (χ2n) is 7.53. The zero-order valence-corrected chi connectivity index (χ0v) is 17.4. The summed E-state index contributed by atoms with van der Waals surface area (Å²) < 4.78 is 35.4. The number of sulfonamides is 1. The van der Waals surface area contributed by atoms with Crippen LogP contribution in [0.1, 0.15) is 19.3 Å². The minimum Gasteiger partial charge on any atom is -0.381 e. The molecule has 1 aromatic carbocycles. The molecule has 3 unspecified atom stereocenters. The highest BCUT2D eigenvalue weighted by Crippen LogP contribution is 2.33. The molecule has 0 amide bonds. The average Bonchev–Trinajstić information content (AvgIpc) is 3.30. The van der Waals surface area contributed by atoms with Crippen LogP contribution < -0.4 is 5.32 Å². The minimum atomic E-state index is -3.64. The molecular formula is C19H25ClN4O3S. The highest BCUT2D eigenvalue weighted by molar-refractivity contribution is 7.89. The molecule has 2 saturated heterocycles. The van der Waals surface area contributed by atoms with Crippen molar-refractivity contribution in [3.63, 3.8) is 0 Å². The van der Waals surface area contributed by atoms with Gasteiger partial charge >= 0.3 is 0 Å². The van der Waals surface area contributed by atoms with E-state index >= 15 is 0 Å². The van der Waals surface area contributed by atoms with E-state index in [1.54, 1.807) is 17.8 Å². The summed E-state index contributed by atoms with van der Waals surface area (Å²) in [6.07, 6.45) is 6.22. The molecule has 0 aliphatic carbocycles. The molecule has 9 heteroatoms. The van der Waals surface area contributed by atoms with Crippen molar-refractivity contribution in [2.45, 2.75) is 36.4 Å². The summed E-state index contributed by atoms with van der Waals surface area (Å²) in [5.74, 6) is 0.0674. The normalized spacial score (nSPS) is 26.4. The Bertz CT molecular complexity index is 927. The van der Waals surface area contributed by atoms with Gasteiger partial charge in [-0.25, -0.2) is 13.4 Å². The van der Waals surface area contributed by atoms with Crippen LogP contribution in [0.4, 0.5) is 5.69 Å². The standard InChI is InChI=1S/C19H25ClN4O3S/c1-23-12-19(21-13-23)28(25,26)24-10-16(18-7-2-3-8-27-18)17(11-24)22-15-6-4-5-14(20)9-15/h4-6,9,12-13,16-18,22H,2-3,7-8,10-11H2,1H3. The highest BCUT2D eigenvalue weighted by atomic mass is 35.5. The van der Waals surface area contributed by atoms with Gasteiger partial charge in [-0.2, -0.15) is 4.31 Å². The maximum atomic E-state index is 13.1.